The van der Waals surface area contributed by atoms with Gasteiger partial charge < -0.3 is 5.11 Å². The van der Waals surface area contributed by atoms with E-state index >= 15 is 0 Å². The van der Waals surface area contributed by atoms with Gasteiger partial charge in [-0.2, -0.15) is 8.42 Å². The molecule has 1 aliphatic carbocycles. The van der Waals surface area contributed by atoms with Crippen molar-refractivity contribution in [2.75, 3.05) is 22.2 Å². The second-order valence-electron chi connectivity index (χ2n) is 6.68. The molecule has 6 nitrogen and oxygen atoms in total. The highest BCUT2D eigenvalue weighted by molar-refractivity contribution is 7.94. The van der Waals surface area contributed by atoms with Gasteiger partial charge in [-0.1, -0.05) is 6.07 Å². The molecule has 10 heteroatoms. The van der Waals surface area contributed by atoms with Crippen molar-refractivity contribution in [1.82, 2.24) is 4.98 Å². The van der Waals surface area contributed by atoms with Gasteiger partial charge in [0.1, 0.15) is 5.82 Å². The first-order valence-electron chi connectivity index (χ1n) is 8.20. The Hall–Kier alpha value is -2.33. The standard InChI is InChI=1S/C17H16F3N3O3S/c1-22-16-15(23(27(22,25)26)8-11-7-17(11,19)20)5-4-14(21-16)12-6-10(9-24)2-3-13(12)18/h2-6,11,24H,7-9H2,1H3. The number of halogens is 3. The van der Waals surface area contributed by atoms with Crippen LogP contribution in [0.2, 0.25) is 0 Å². The van der Waals surface area contributed by atoms with Gasteiger partial charge in [-0.25, -0.2) is 26.8 Å². The lowest BCUT2D eigenvalue weighted by molar-refractivity contribution is 0.101. The second-order valence-corrected chi connectivity index (χ2v) is 8.56. The van der Waals surface area contributed by atoms with Crippen LogP contribution in [-0.4, -0.2) is 38.0 Å². The molecular weight excluding hydrogens is 383 g/mol. The van der Waals surface area contributed by atoms with Crippen molar-refractivity contribution < 1.29 is 26.7 Å². The normalized spacial score (nSPS) is 22.0. The fourth-order valence-electron chi connectivity index (χ4n) is 3.13. The summed E-state index contributed by atoms with van der Waals surface area (Å²) in [6, 6.07) is 6.92. The first-order valence-corrected chi connectivity index (χ1v) is 9.60. The van der Waals surface area contributed by atoms with Crippen LogP contribution in [0.25, 0.3) is 11.3 Å². The number of hydrogen-bond donors (Lipinski definition) is 1. The van der Waals surface area contributed by atoms with Crippen LogP contribution < -0.4 is 8.61 Å². The average Bonchev–Trinajstić information content (AvgIpc) is 3.19. The number of anilines is 2. The van der Waals surface area contributed by atoms with Gasteiger partial charge in [0.25, 0.3) is 5.92 Å². The summed E-state index contributed by atoms with van der Waals surface area (Å²) in [5.41, 5.74) is 0.958. The minimum absolute atomic E-state index is 0.0465. The topological polar surface area (TPSA) is 73.7 Å². The van der Waals surface area contributed by atoms with E-state index in [-0.39, 0.29) is 42.3 Å². The van der Waals surface area contributed by atoms with Crippen molar-refractivity contribution in [1.29, 1.82) is 0 Å². The summed E-state index contributed by atoms with van der Waals surface area (Å²) in [6.45, 7) is -0.613. The molecule has 0 bridgehead atoms. The van der Waals surface area contributed by atoms with E-state index in [2.05, 4.69) is 4.98 Å². The quantitative estimate of drug-likeness (QED) is 0.858. The fourth-order valence-corrected chi connectivity index (χ4v) is 4.53. The predicted molar refractivity (Wildman–Crippen MR) is 93.3 cm³/mol. The Morgan fingerprint density at radius 2 is 2.00 bits per heavy atom. The Bertz CT molecular complexity index is 1030. The Morgan fingerprint density at radius 1 is 1.30 bits per heavy atom. The van der Waals surface area contributed by atoms with Gasteiger partial charge in [-0.05, 0) is 29.8 Å². The zero-order valence-electron chi connectivity index (χ0n) is 14.2. The Kier molecular flexibility index (Phi) is 3.90. The summed E-state index contributed by atoms with van der Waals surface area (Å²) in [5, 5.41) is 9.23. The third-order valence-electron chi connectivity index (χ3n) is 4.88. The summed E-state index contributed by atoms with van der Waals surface area (Å²) in [6.07, 6.45) is -0.345. The monoisotopic (exact) mass is 399 g/mol. The molecule has 0 radical (unpaired) electrons. The lowest BCUT2D eigenvalue weighted by Crippen LogP contribution is -2.37. The van der Waals surface area contributed by atoms with E-state index in [4.69, 9.17) is 0 Å². The Morgan fingerprint density at radius 3 is 2.63 bits per heavy atom. The van der Waals surface area contributed by atoms with Crippen LogP contribution in [0, 0.1) is 11.7 Å². The zero-order valence-corrected chi connectivity index (χ0v) is 15.0. The number of nitrogens with zero attached hydrogens (tertiary/aromatic N) is 3. The molecule has 2 heterocycles. The molecule has 1 saturated carbocycles. The van der Waals surface area contributed by atoms with Gasteiger partial charge in [-0.15, -0.1) is 0 Å². The van der Waals surface area contributed by atoms with Crippen LogP contribution >= 0.6 is 0 Å². The maximum absolute atomic E-state index is 14.2. The number of benzene rings is 1. The number of aromatic nitrogens is 1. The van der Waals surface area contributed by atoms with Crippen molar-refractivity contribution in [2.45, 2.75) is 19.0 Å². The Balaban J connectivity index is 1.76. The van der Waals surface area contributed by atoms with Gasteiger partial charge in [0, 0.05) is 31.5 Å². The number of alkyl halides is 2. The molecule has 1 N–H and O–H groups in total. The molecule has 1 unspecified atom stereocenters. The third-order valence-corrected chi connectivity index (χ3v) is 6.65. The van der Waals surface area contributed by atoms with Crippen LogP contribution in [0.15, 0.2) is 30.3 Å². The zero-order chi connectivity index (χ0) is 19.6. The smallest absolute Gasteiger partial charge is 0.327 e. The van der Waals surface area contributed by atoms with E-state index in [0.29, 0.717) is 5.56 Å². The van der Waals surface area contributed by atoms with E-state index in [1.165, 1.54) is 37.4 Å². The molecule has 0 saturated heterocycles. The molecule has 1 aromatic carbocycles. The van der Waals surface area contributed by atoms with Crippen LogP contribution in [-0.2, 0) is 16.8 Å². The van der Waals surface area contributed by atoms with Gasteiger partial charge in [0.15, 0.2) is 5.82 Å². The van der Waals surface area contributed by atoms with E-state index in [1.54, 1.807) is 0 Å². The molecule has 0 spiro atoms. The summed E-state index contributed by atoms with van der Waals surface area (Å²) in [7, 11) is -2.74. The molecule has 1 aliphatic heterocycles. The molecule has 27 heavy (non-hydrogen) atoms. The summed E-state index contributed by atoms with van der Waals surface area (Å²) in [4.78, 5) is 4.25. The van der Waals surface area contributed by atoms with Gasteiger partial charge >= 0.3 is 10.2 Å². The van der Waals surface area contributed by atoms with Crippen LogP contribution in [0.4, 0.5) is 24.7 Å². The van der Waals surface area contributed by atoms with Crippen molar-refractivity contribution in [3.05, 3.63) is 41.7 Å². The van der Waals surface area contributed by atoms with Crippen molar-refractivity contribution in [3.63, 3.8) is 0 Å². The minimum Gasteiger partial charge on any atom is -0.392 e. The van der Waals surface area contributed by atoms with Gasteiger partial charge in [0.2, 0.25) is 0 Å². The van der Waals surface area contributed by atoms with E-state index in [0.717, 1.165) is 8.61 Å². The second kappa shape index (κ2) is 5.83. The molecule has 2 aliphatic rings. The van der Waals surface area contributed by atoms with E-state index < -0.39 is 27.9 Å². The highest BCUT2D eigenvalue weighted by Crippen LogP contribution is 2.51. The lowest BCUT2D eigenvalue weighted by Gasteiger charge is -2.18. The van der Waals surface area contributed by atoms with Crippen molar-refractivity contribution >= 4 is 21.7 Å². The van der Waals surface area contributed by atoms with Crippen molar-refractivity contribution in [2.24, 2.45) is 5.92 Å². The SMILES string of the molecule is CN1c2nc(-c3cc(CO)ccc3F)ccc2N(CC2CC2(F)F)S1(=O)=O. The van der Waals surface area contributed by atoms with Crippen LogP contribution in [0.1, 0.15) is 12.0 Å². The summed E-state index contributed by atoms with van der Waals surface area (Å²) < 4.78 is 67.7. The van der Waals surface area contributed by atoms with Crippen LogP contribution in [0.3, 0.4) is 0 Å². The first kappa shape index (κ1) is 18.1. The highest BCUT2D eigenvalue weighted by Gasteiger charge is 2.59. The largest absolute Gasteiger partial charge is 0.392 e. The van der Waals surface area contributed by atoms with Gasteiger partial charge in [0.05, 0.1) is 18.0 Å². The molecule has 0 amide bonds. The van der Waals surface area contributed by atoms with E-state index in [9.17, 15) is 26.7 Å². The number of pyridine rings is 1. The number of hydrogen-bond acceptors (Lipinski definition) is 4. The van der Waals surface area contributed by atoms with Crippen molar-refractivity contribution in [3.8, 4) is 11.3 Å². The first-order chi connectivity index (χ1) is 12.6. The maximum Gasteiger partial charge on any atom is 0.327 e. The average molecular weight is 399 g/mol. The molecule has 4 rings (SSSR count). The minimum atomic E-state index is -4.01. The maximum atomic E-state index is 14.2. The molecule has 1 fully saturated rings. The number of rotatable bonds is 4. The molecule has 2 aromatic rings. The van der Waals surface area contributed by atoms with E-state index in [1.807, 2.05) is 0 Å². The van der Waals surface area contributed by atoms with Gasteiger partial charge in [-0.3, -0.25) is 0 Å². The number of aliphatic hydroxyl groups is 1. The summed E-state index contributed by atoms with van der Waals surface area (Å²) in [5.74, 6) is -4.40. The third kappa shape index (κ3) is 2.83. The molecule has 1 atom stereocenters. The lowest BCUT2D eigenvalue weighted by atomic mass is 10.1. The summed E-state index contributed by atoms with van der Waals surface area (Å²) >= 11 is 0. The molecular formula is C17H16F3N3O3S. The predicted octanol–water partition coefficient (Wildman–Crippen LogP) is 2.54. The fraction of sp³-hybridized carbons (Fsp3) is 0.353. The molecule has 144 valence electrons. The molecule has 1 aromatic heterocycles. The number of aliphatic hydroxyl groups excluding tert-OH is 1. The highest BCUT2D eigenvalue weighted by atomic mass is 32.2. The Labute approximate surface area is 154 Å². The number of fused-ring (bicyclic) bond motifs is 1. The van der Waals surface area contributed by atoms with Crippen LogP contribution in [0.5, 0.6) is 0 Å².